The molecule has 22 heavy (non-hydrogen) atoms. The van der Waals surface area contributed by atoms with Gasteiger partial charge >= 0.3 is 0 Å². The molecular weight excluding hydrogens is 278 g/mol. The summed E-state index contributed by atoms with van der Waals surface area (Å²) in [6, 6.07) is 13.4. The molecule has 0 saturated carbocycles. The molecule has 0 fully saturated rings. The molecule has 2 aliphatic rings. The van der Waals surface area contributed by atoms with E-state index < -0.39 is 0 Å². The lowest BCUT2D eigenvalue weighted by Crippen LogP contribution is -2.33. The van der Waals surface area contributed by atoms with Crippen LogP contribution in [-0.2, 0) is 0 Å². The van der Waals surface area contributed by atoms with Gasteiger partial charge in [0.05, 0.1) is 16.7 Å². The molecule has 2 aromatic rings. The molecule has 4 rings (SSSR count). The maximum atomic E-state index is 11.1. The predicted octanol–water partition coefficient (Wildman–Crippen LogP) is 3.62. The third-order valence-electron chi connectivity index (χ3n) is 4.36. The molecule has 110 valence electrons. The smallest absolute Gasteiger partial charge is 0.270 e. The van der Waals surface area contributed by atoms with E-state index in [2.05, 4.69) is 11.8 Å². The Labute approximate surface area is 128 Å². The second kappa shape index (κ2) is 4.66. The van der Waals surface area contributed by atoms with E-state index in [0.29, 0.717) is 0 Å². The number of hydrogen-bond donors (Lipinski definition) is 0. The fourth-order valence-corrected chi connectivity index (χ4v) is 3.23. The predicted molar refractivity (Wildman–Crippen MR) is 86.5 cm³/mol. The minimum atomic E-state index is -0.342. The summed E-state index contributed by atoms with van der Waals surface area (Å²) in [5.41, 5.74) is 4.14. The van der Waals surface area contributed by atoms with Gasteiger partial charge in [-0.1, -0.05) is 31.2 Å². The standard InChI is InChI=1S/C17H15N3O2/c1-2-11-10-19-16-8-7-12(20(21)22)9-15(16)13-5-3-4-6-14(13)17(19)18-11/h3-9,11H,2,10H2,1H3/t11-/m1/s1. The van der Waals surface area contributed by atoms with Crippen LogP contribution in [0.4, 0.5) is 11.4 Å². The van der Waals surface area contributed by atoms with Crippen molar-refractivity contribution < 1.29 is 4.92 Å². The number of fused-ring (bicyclic) bond motifs is 6. The number of nitro benzene ring substituents is 1. The van der Waals surface area contributed by atoms with Gasteiger partial charge in [0, 0.05) is 29.8 Å². The first-order valence-electron chi connectivity index (χ1n) is 7.42. The highest BCUT2D eigenvalue weighted by molar-refractivity contribution is 6.20. The third-order valence-corrected chi connectivity index (χ3v) is 4.36. The van der Waals surface area contributed by atoms with E-state index in [1.165, 1.54) is 0 Å². The molecule has 0 unspecified atom stereocenters. The van der Waals surface area contributed by atoms with E-state index in [1.807, 2.05) is 30.3 Å². The first-order chi connectivity index (χ1) is 10.7. The van der Waals surface area contributed by atoms with Crippen LogP contribution in [0, 0.1) is 10.1 Å². The van der Waals surface area contributed by atoms with Crippen LogP contribution < -0.4 is 4.90 Å². The summed E-state index contributed by atoms with van der Waals surface area (Å²) >= 11 is 0. The Morgan fingerprint density at radius 1 is 1.23 bits per heavy atom. The first-order valence-corrected chi connectivity index (χ1v) is 7.42. The maximum Gasteiger partial charge on any atom is 0.270 e. The van der Waals surface area contributed by atoms with Crippen LogP contribution in [0.25, 0.3) is 11.1 Å². The molecular formula is C17H15N3O2. The summed E-state index contributed by atoms with van der Waals surface area (Å²) < 4.78 is 0. The van der Waals surface area contributed by atoms with Crippen LogP contribution in [-0.4, -0.2) is 23.3 Å². The number of anilines is 1. The Bertz CT molecular complexity index is 813. The summed E-state index contributed by atoms with van der Waals surface area (Å²) in [6.07, 6.45) is 0.991. The van der Waals surface area contributed by atoms with E-state index in [0.717, 1.165) is 41.2 Å². The molecule has 0 aromatic heterocycles. The number of amidine groups is 1. The van der Waals surface area contributed by atoms with E-state index in [4.69, 9.17) is 4.99 Å². The molecule has 1 atom stereocenters. The van der Waals surface area contributed by atoms with Crippen LogP contribution >= 0.6 is 0 Å². The average molecular weight is 293 g/mol. The van der Waals surface area contributed by atoms with Gasteiger partial charge in [-0.15, -0.1) is 0 Å². The Morgan fingerprint density at radius 2 is 2.00 bits per heavy atom. The van der Waals surface area contributed by atoms with Crippen molar-refractivity contribution in [3.8, 4) is 11.1 Å². The molecule has 2 heterocycles. The summed E-state index contributed by atoms with van der Waals surface area (Å²) in [5.74, 6) is 0.990. The Morgan fingerprint density at radius 3 is 2.73 bits per heavy atom. The molecule has 0 N–H and O–H groups in total. The van der Waals surface area contributed by atoms with Crippen LogP contribution in [0.15, 0.2) is 47.5 Å². The van der Waals surface area contributed by atoms with Gasteiger partial charge in [-0.25, -0.2) is 0 Å². The van der Waals surface area contributed by atoms with Crippen molar-refractivity contribution in [3.05, 3.63) is 58.1 Å². The van der Waals surface area contributed by atoms with Gasteiger partial charge in [0.1, 0.15) is 5.84 Å². The van der Waals surface area contributed by atoms with Crippen LogP contribution in [0.3, 0.4) is 0 Å². The minimum Gasteiger partial charge on any atom is -0.323 e. The molecule has 0 saturated heterocycles. The Kier molecular flexibility index (Phi) is 2.76. The van der Waals surface area contributed by atoms with Gasteiger partial charge in [-0.05, 0) is 18.1 Å². The number of benzene rings is 2. The average Bonchev–Trinajstić information content (AvgIpc) is 2.99. The van der Waals surface area contributed by atoms with Crippen molar-refractivity contribution in [2.24, 2.45) is 4.99 Å². The highest BCUT2D eigenvalue weighted by Crippen LogP contribution is 2.42. The van der Waals surface area contributed by atoms with Crippen molar-refractivity contribution in [2.45, 2.75) is 19.4 Å². The van der Waals surface area contributed by atoms with Gasteiger partial charge in [0.25, 0.3) is 5.69 Å². The van der Waals surface area contributed by atoms with Crippen molar-refractivity contribution in [1.82, 2.24) is 0 Å². The lowest BCUT2D eigenvalue weighted by Gasteiger charge is -2.30. The number of hydrogen-bond acceptors (Lipinski definition) is 4. The van der Waals surface area contributed by atoms with Crippen LogP contribution in [0.5, 0.6) is 0 Å². The maximum absolute atomic E-state index is 11.1. The quantitative estimate of drug-likeness (QED) is 0.627. The van der Waals surface area contributed by atoms with Gasteiger partial charge in [-0.2, -0.15) is 0 Å². The summed E-state index contributed by atoms with van der Waals surface area (Å²) in [4.78, 5) is 17.8. The monoisotopic (exact) mass is 293 g/mol. The number of nitro groups is 1. The molecule has 2 aromatic carbocycles. The van der Waals surface area contributed by atoms with E-state index in [-0.39, 0.29) is 16.7 Å². The molecule has 0 bridgehead atoms. The second-order valence-electron chi connectivity index (χ2n) is 5.63. The third kappa shape index (κ3) is 1.75. The zero-order chi connectivity index (χ0) is 15.3. The molecule has 0 radical (unpaired) electrons. The van der Waals surface area contributed by atoms with E-state index >= 15 is 0 Å². The molecule has 0 aliphatic carbocycles. The zero-order valence-electron chi connectivity index (χ0n) is 12.2. The van der Waals surface area contributed by atoms with Crippen molar-refractivity contribution in [1.29, 1.82) is 0 Å². The minimum absolute atomic E-state index is 0.125. The first kappa shape index (κ1) is 13.0. The van der Waals surface area contributed by atoms with Crippen LogP contribution in [0.1, 0.15) is 18.9 Å². The number of rotatable bonds is 2. The second-order valence-corrected chi connectivity index (χ2v) is 5.63. The van der Waals surface area contributed by atoms with E-state index in [1.54, 1.807) is 12.1 Å². The van der Waals surface area contributed by atoms with Crippen molar-refractivity contribution in [2.75, 3.05) is 11.4 Å². The molecule has 0 amide bonds. The van der Waals surface area contributed by atoms with Gasteiger partial charge in [0.15, 0.2) is 0 Å². The van der Waals surface area contributed by atoms with Gasteiger partial charge in [-0.3, -0.25) is 15.1 Å². The highest BCUT2D eigenvalue weighted by Gasteiger charge is 2.34. The van der Waals surface area contributed by atoms with Crippen LogP contribution in [0.2, 0.25) is 0 Å². The lowest BCUT2D eigenvalue weighted by atomic mass is 9.92. The summed E-state index contributed by atoms with van der Waals surface area (Å²) in [7, 11) is 0. The lowest BCUT2D eigenvalue weighted by molar-refractivity contribution is -0.384. The summed E-state index contributed by atoms with van der Waals surface area (Å²) in [5, 5.41) is 11.1. The molecule has 5 nitrogen and oxygen atoms in total. The van der Waals surface area contributed by atoms with Gasteiger partial charge in [0.2, 0.25) is 0 Å². The number of nitrogens with zero attached hydrogens (tertiary/aromatic N) is 3. The fourth-order valence-electron chi connectivity index (χ4n) is 3.23. The van der Waals surface area contributed by atoms with Gasteiger partial charge < -0.3 is 4.90 Å². The normalized spacial score (nSPS) is 18.3. The van der Waals surface area contributed by atoms with Crippen molar-refractivity contribution >= 4 is 17.2 Å². The highest BCUT2D eigenvalue weighted by atomic mass is 16.6. The SMILES string of the molecule is CC[C@@H]1CN2C(=N1)c1ccccc1-c1cc([N+](=O)[O-])ccc12. The fraction of sp³-hybridized carbons (Fsp3) is 0.235. The molecule has 5 heteroatoms. The summed E-state index contributed by atoms with van der Waals surface area (Å²) in [6.45, 7) is 2.97. The zero-order valence-corrected chi connectivity index (χ0v) is 12.2. The molecule has 0 spiro atoms. The number of aliphatic imine (C=N–C) groups is 1. The topological polar surface area (TPSA) is 58.7 Å². The van der Waals surface area contributed by atoms with E-state index in [9.17, 15) is 10.1 Å². The van der Waals surface area contributed by atoms with Crippen molar-refractivity contribution in [3.63, 3.8) is 0 Å². The molecule has 2 aliphatic heterocycles. The Balaban J connectivity index is 1.97. The number of non-ortho nitro benzene ring substituents is 1. The largest absolute Gasteiger partial charge is 0.323 e. The Hall–Kier alpha value is -2.69.